The highest BCUT2D eigenvalue weighted by Crippen LogP contribution is 2.22. The van der Waals surface area contributed by atoms with Gasteiger partial charge in [-0.1, -0.05) is 6.07 Å². The van der Waals surface area contributed by atoms with Crippen molar-refractivity contribution in [2.75, 3.05) is 51.3 Å². The van der Waals surface area contributed by atoms with Crippen molar-refractivity contribution in [3.8, 4) is 5.75 Å². The van der Waals surface area contributed by atoms with Crippen molar-refractivity contribution in [2.24, 2.45) is 0 Å². The molecule has 1 aliphatic heterocycles. The molecule has 0 radical (unpaired) electrons. The molecule has 0 bridgehead atoms. The minimum atomic E-state index is 0.649. The van der Waals surface area contributed by atoms with Gasteiger partial charge in [-0.3, -0.25) is 4.90 Å². The van der Waals surface area contributed by atoms with Crippen molar-refractivity contribution in [3.05, 3.63) is 35.7 Å². The van der Waals surface area contributed by atoms with Crippen LogP contribution in [0.3, 0.4) is 0 Å². The van der Waals surface area contributed by atoms with E-state index in [0.717, 1.165) is 44.9 Å². The summed E-state index contributed by atoms with van der Waals surface area (Å²) in [6.07, 6.45) is 0.989. The Balaban J connectivity index is 1.84. The monoisotopic (exact) mass is 259 g/mol. The molecule has 1 saturated heterocycles. The third-order valence-electron chi connectivity index (χ3n) is 3.54. The molecule has 0 aliphatic carbocycles. The van der Waals surface area contributed by atoms with Crippen LogP contribution in [0.1, 0.15) is 6.42 Å². The fraction of sp³-hybridized carbons (Fsp3) is 0.533. The normalized spacial score (nSPS) is 16.1. The lowest BCUT2D eigenvalue weighted by molar-refractivity contribution is 0.258. The second-order valence-corrected chi connectivity index (χ2v) is 4.77. The average Bonchev–Trinajstić information content (AvgIpc) is 2.48. The van der Waals surface area contributed by atoms with Crippen LogP contribution in [-0.2, 0) is 0 Å². The number of nitrogens with zero attached hydrogens (tertiary/aromatic N) is 3. The number of benzene rings is 1. The van der Waals surface area contributed by atoms with Gasteiger partial charge in [-0.15, -0.1) is 0 Å². The van der Waals surface area contributed by atoms with Gasteiger partial charge in [0.05, 0.1) is 7.11 Å². The summed E-state index contributed by atoms with van der Waals surface area (Å²) in [7, 11) is 1.70. The molecule has 0 amide bonds. The molecule has 102 valence electrons. The molecule has 1 aliphatic rings. The molecule has 19 heavy (non-hydrogen) atoms. The molecular formula is C15H21N3O. The molecule has 0 atom stereocenters. The van der Waals surface area contributed by atoms with Gasteiger partial charge in [0, 0.05) is 50.9 Å². The van der Waals surface area contributed by atoms with Crippen LogP contribution >= 0.6 is 0 Å². The van der Waals surface area contributed by atoms with Crippen LogP contribution in [0.2, 0.25) is 0 Å². The SMILES string of the molecule is [C-]#[N+]CCCN1CCN(c2cccc(OC)c2)CC1. The Hall–Kier alpha value is -1.73. The Kier molecular flexibility index (Phi) is 5.05. The molecular weight excluding hydrogens is 238 g/mol. The molecule has 2 rings (SSSR count). The van der Waals surface area contributed by atoms with Crippen LogP contribution in [0.25, 0.3) is 4.85 Å². The lowest BCUT2D eigenvalue weighted by Crippen LogP contribution is -2.46. The standard InChI is InChI=1S/C15H21N3O/c1-16-7-4-8-17-9-11-18(12-10-17)14-5-3-6-15(13-14)19-2/h3,5-6,13H,4,7-12H2,2H3. The molecule has 4 nitrogen and oxygen atoms in total. The number of ether oxygens (including phenoxy) is 1. The number of hydrogen-bond acceptors (Lipinski definition) is 3. The van der Waals surface area contributed by atoms with Gasteiger partial charge in [0.25, 0.3) is 0 Å². The summed E-state index contributed by atoms with van der Waals surface area (Å²) in [5.41, 5.74) is 1.24. The number of rotatable bonds is 5. The van der Waals surface area contributed by atoms with Crippen LogP contribution in [0.5, 0.6) is 5.75 Å². The average molecular weight is 259 g/mol. The zero-order chi connectivity index (χ0) is 13.5. The van der Waals surface area contributed by atoms with E-state index in [-0.39, 0.29) is 0 Å². The Labute approximate surface area is 115 Å². The van der Waals surface area contributed by atoms with E-state index in [0.29, 0.717) is 6.54 Å². The van der Waals surface area contributed by atoms with Gasteiger partial charge >= 0.3 is 0 Å². The van der Waals surface area contributed by atoms with Crippen molar-refractivity contribution in [1.82, 2.24) is 4.90 Å². The first-order valence-electron chi connectivity index (χ1n) is 6.78. The fourth-order valence-corrected chi connectivity index (χ4v) is 2.41. The van der Waals surface area contributed by atoms with E-state index in [1.54, 1.807) is 7.11 Å². The zero-order valence-corrected chi connectivity index (χ0v) is 11.5. The molecule has 1 aromatic rings. The molecule has 1 fully saturated rings. The van der Waals surface area contributed by atoms with E-state index in [4.69, 9.17) is 11.3 Å². The van der Waals surface area contributed by atoms with E-state index >= 15 is 0 Å². The first-order valence-corrected chi connectivity index (χ1v) is 6.78. The van der Waals surface area contributed by atoms with Crippen molar-refractivity contribution in [2.45, 2.75) is 6.42 Å². The molecule has 4 heteroatoms. The Morgan fingerprint density at radius 2 is 2.05 bits per heavy atom. The smallest absolute Gasteiger partial charge is 0.215 e. The van der Waals surface area contributed by atoms with E-state index in [1.165, 1.54) is 5.69 Å². The minimum absolute atomic E-state index is 0.649. The third kappa shape index (κ3) is 3.87. The first kappa shape index (κ1) is 13.7. The van der Waals surface area contributed by atoms with E-state index in [1.807, 2.05) is 12.1 Å². The van der Waals surface area contributed by atoms with Crippen molar-refractivity contribution in [1.29, 1.82) is 0 Å². The van der Waals surface area contributed by atoms with Crippen molar-refractivity contribution < 1.29 is 4.74 Å². The van der Waals surface area contributed by atoms with E-state index in [2.05, 4.69) is 26.8 Å². The van der Waals surface area contributed by atoms with Crippen LogP contribution in [0.4, 0.5) is 5.69 Å². The minimum Gasteiger partial charge on any atom is -0.497 e. The van der Waals surface area contributed by atoms with Crippen LogP contribution in [0.15, 0.2) is 24.3 Å². The number of anilines is 1. The van der Waals surface area contributed by atoms with Gasteiger partial charge in [0.1, 0.15) is 5.75 Å². The zero-order valence-electron chi connectivity index (χ0n) is 11.5. The second-order valence-electron chi connectivity index (χ2n) is 4.77. The molecule has 1 heterocycles. The lowest BCUT2D eigenvalue weighted by atomic mass is 10.2. The Bertz CT molecular complexity index is 433. The first-order chi connectivity index (χ1) is 9.33. The van der Waals surface area contributed by atoms with Gasteiger partial charge in [-0.05, 0) is 12.1 Å². The molecule has 0 unspecified atom stereocenters. The van der Waals surface area contributed by atoms with Gasteiger partial charge < -0.3 is 14.5 Å². The Morgan fingerprint density at radius 1 is 1.26 bits per heavy atom. The molecule has 0 saturated carbocycles. The fourth-order valence-electron chi connectivity index (χ4n) is 2.41. The second kappa shape index (κ2) is 7.01. The van der Waals surface area contributed by atoms with Gasteiger partial charge in [0.15, 0.2) is 0 Å². The molecule has 0 N–H and O–H groups in total. The van der Waals surface area contributed by atoms with Gasteiger partial charge in [0.2, 0.25) is 6.54 Å². The number of methoxy groups -OCH3 is 1. The largest absolute Gasteiger partial charge is 0.497 e. The predicted octanol–water partition coefficient (Wildman–Crippen LogP) is 2.13. The highest BCUT2D eigenvalue weighted by molar-refractivity contribution is 5.51. The molecule has 0 spiro atoms. The maximum absolute atomic E-state index is 6.79. The van der Waals surface area contributed by atoms with E-state index < -0.39 is 0 Å². The van der Waals surface area contributed by atoms with Gasteiger partial charge in [-0.2, -0.15) is 0 Å². The summed E-state index contributed by atoms with van der Waals surface area (Å²) < 4.78 is 5.27. The molecule has 0 aromatic heterocycles. The summed E-state index contributed by atoms with van der Waals surface area (Å²) in [4.78, 5) is 8.24. The third-order valence-corrected chi connectivity index (χ3v) is 3.54. The Morgan fingerprint density at radius 3 is 2.74 bits per heavy atom. The maximum Gasteiger partial charge on any atom is 0.215 e. The summed E-state index contributed by atoms with van der Waals surface area (Å²) >= 11 is 0. The van der Waals surface area contributed by atoms with E-state index in [9.17, 15) is 0 Å². The topological polar surface area (TPSA) is 20.1 Å². The lowest BCUT2D eigenvalue weighted by Gasteiger charge is -2.36. The predicted molar refractivity (Wildman–Crippen MR) is 77.7 cm³/mol. The number of piperazine rings is 1. The number of hydrogen-bond donors (Lipinski definition) is 0. The summed E-state index contributed by atoms with van der Waals surface area (Å²) in [5, 5.41) is 0. The van der Waals surface area contributed by atoms with Crippen LogP contribution in [0, 0.1) is 6.57 Å². The maximum atomic E-state index is 6.79. The summed E-state index contributed by atoms with van der Waals surface area (Å²) in [5.74, 6) is 0.914. The van der Waals surface area contributed by atoms with Crippen molar-refractivity contribution in [3.63, 3.8) is 0 Å². The quantitative estimate of drug-likeness (QED) is 0.597. The van der Waals surface area contributed by atoms with Crippen LogP contribution < -0.4 is 9.64 Å². The highest BCUT2D eigenvalue weighted by atomic mass is 16.5. The van der Waals surface area contributed by atoms with Crippen molar-refractivity contribution >= 4 is 5.69 Å². The van der Waals surface area contributed by atoms with Crippen LogP contribution in [-0.4, -0.2) is 51.3 Å². The highest BCUT2D eigenvalue weighted by Gasteiger charge is 2.17. The van der Waals surface area contributed by atoms with Gasteiger partial charge in [-0.25, -0.2) is 6.57 Å². The summed E-state index contributed by atoms with van der Waals surface area (Å²) in [6.45, 7) is 12.7. The summed E-state index contributed by atoms with van der Waals surface area (Å²) in [6, 6.07) is 8.24. The molecule has 1 aromatic carbocycles.